The van der Waals surface area contributed by atoms with Crippen molar-refractivity contribution in [3.8, 4) is 5.75 Å². The van der Waals surface area contributed by atoms with E-state index in [9.17, 15) is 5.11 Å². The molecule has 0 saturated carbocycles. The summed E-state index contributed by atoms with van der Waals surface area (Å²) in [6.45, 7) is 6.56. The second kappa shape index (κ2) is 5.19. The van der Waals surface area contributed by atoms with Crippen molar-refractivity contribution < 1.29 is 9.84 Å². The Kier molecular flexibility index (Phi) is 3.50. The highest BCUT2D eigenvalue weighted by Crippen LogP contribution is 2.34. The van der Waals surface area contributed by atoms with Gasteiger partial charge >= 0.3 is 0 Å². The molecule has 0 saturated heterocycles. The molecule has 21 heavy (non-hydrogen) atoms. The second-order valence-corrected chi connectivity index (χ2v) is 6.78. The molecule has 1 aliphatic carbocycles. The Morgan fingerprint density at radius 2 is 1.81 bits per heavy atom. The second-order valence-electron chi connectivity index (χ2n) is 6.78. The van der Waals surface area contributed by atoms with Gasteiger partial charge in [-0.2, -0.15) is 0 Å². The molecule has 0 aromatic heterocycles. The van der Waals surface area contributed by atoms with Crippen LogP contribution < -0.4 is 4.74 Å². The molecular weight excluding hydrogens is 260 g/mol. The van der Waals surface area contributed by atoms with Crippen molar-refractivity contribution in [2.45, 2.75) is 44.8 Å². The van der Waals surface area contributed by atoms with Crippen molar-refractivity contribution >= 4 is 0 Å². The Labute approximate surface area is 126 Å². The Hall–Kier alpha value is -1.80. The predicted molar refractivity (Wildman–Crippen MR) is 84.7 cm³/mol. The van der Waals surface area contributed by atoms with Gasteiger partial charge < -0.3 is 9.84 Å². The molecule has 3 rings (SSSR count). The minimum atomic E-state index is -0.542. The van der Waals surface area contributed by atoms with Gasteiger partial charge in [0, 0.05) is 6.42 Å². The van der Waals surface area contributed by atoms with Gasteiger partial charge in [-0.1, -0.05) is 57.2 Å². The molecule has 0 radical (unpaired) electrons. The van der Waals surface area contributed by atoms with Crippen LogP contribution >= 0.6 is 0 Å². The molecule has 0 amide bonds. The van der Waals surface area contributed by atoms with E-state index in [0.717, 1.165) is 17.7 Å². The monoisotopic (exact) mass is 282 g/mol. The van der Waals surface area contributed by atoms with Crippen LogP contribution in [0.3, 0.4) is 0 Å². The fourth-order valence-electron chi connectivity index (χ4n) is 2.85. The number of fused-ring (bicyclic) bond motifs is 1. The Balaban J connectivity index is 1.80. The SMILES string of the molecule is CC(C)(C)c1cccc(OC2Cc3ccccc3C2O)c1. The van der Waals surface area contributed by atoms with Gasteiger partial charge in [0.05, 0.1) is 0 Å². The average Bonchev–Trinajstić information content (AvgIpc) is 2.75. The summed E-state index contributed by atoms with van der Waals surface area (Å²) in [4.78, 5) is 0. The number of hydrogen-bond acceptors (Lipinski definition) is 2. The van der Waals surface area contributed by atoms with Gasteiger partial charge in [0.25, 0.3) is 0 Å². The molecule has 110 valence electrons. The van der Waals surface area contributed by atoms with E-state index in [-0.39, 0.29) is 11.5 Å². The van der Waals surface area contributed by atoms with E-state index in [2.05, 4.69) is 39.0 Å². The lowest BCUT2D eigenvalue weighted by Crippen LogP contribution is -2.22. The number of aliphatic hydroxyl groups excluding tert-OH is 1. The number of hydrogen-bond donors (Lipinski definition) is 1. The molecule has 1 N–H and O–H groups in total. The smallest absolute Gasteiger partial charge is 0.133 e. The highest BCUT2D eigenvalue weighted by Gasteiger charge is 2.32. The van der Waals surface area contributed by atoms with Crippen molar-refractivity contribution in [2.24, 2.45) is 0 Å². The number of benzene rings is 2. The van der Waals surface area contributed by atoms with E-state index >= 15 is 0 Å². The maximum Gasteiger partial charge on any atom is 0.133 e. The summed E-state index contributed by atoms with van der Waals surface area (Å²) >= 11 is 0. The number of aliphatic hydroxyl groups is 1. The van der Waals surface area contributed by atoms with Crippen molar-refractivity contribution in [3.05, 3.63) is 65.2 Å². The maximum absolute atomic E-state index is 10.4. The molecule has 1 aliphatic rings. The van der Waals surface area contributed by atoms with Crippen molar-refractivity contribution in [2.75, 3.05) is 0 Å². The minimum absolute atomic E-state index is 0.0939. The fourth-order valence-corrected chi connectivity index (χ4v) is 2.85. The molecule has 2 nitrogen and oxygen atoms in total. The van der Waals surface area contributed by atoms with E-state index in [4.69, 9.17) is 4.74 Å². The van der Waals surface area contributed by atoms with Crippen molar-refractivity contribution in [1.29, 1.82) is 0 Å². The highest BCUT2D eigenvalue weighted by molar-refractivity contribution is 5.37. The van der Waals surface area contributed by atoms with Crippen molar-refractivity contribution in [1.82, 2.24) is 0 Å². The molecule has 2 aromatic carbocycles. The summed E-state index contributed by atoms with van der Waals surface area (Å²) < 4.78 is 6.06. The molecule has 0 fully saturated rings. The zero-order valence-corrected chi connectivity index (χ0v) is 12.8. The molecule has 0 aliphatic heterocycles. The molecular formula is C19H22O2. The van der Waals surface area contributed by atoms with Crippen LogP contribution in [0.25, 0.3) is 0 Å². The van der Waals surface area contributed by atoms with Crippen molar-refractivity contribution in [3.63, 3.8) is 0 Å². The first-order valence-corrected chi connectivity index (χ1v) is 7.48. The van der Waals surface area contributed by atoms with E-state index in [1.807, 2.05) is 30.3 Å². The largest absolute Gasteiger partial charge is 0.487 e. The summed E-state index contributed by atoms with van der Waals surface area (Å²) in [7, 11) is 0. The summed E-state index contributed by atoms with van der Waals surface area (Å²) in [6.07, 6.45) is 0.0222. The zero-order chi connectivity index (χ0) is 15.0. The Bertz CT molecular complexity index is 640. The normalized spacial score (nSPS) is 21.1. The Morgan fingerprint density at radius 3 is 2.52 bits per heavy atom. The highest BCUT2D eigenvalue weighted by atomic mass is 16.5. The first-order chi connectivity index (χ1) is 9.95. The first kappa shape index (κ1) is 14.2. The third-order valence-corrected chi connectivity index (χ3v) is 4.13. The fraction of sp³-hybridized carbons (Fsp3) is 0.368. The van der Waals surface area contributed by atoms with Gasteiger partial charge in [-0.05, 0) is 34.2 Å². The molecule has 2 unspecified atom stereocenters. The van der Waals surface area contributed by atoms with Gasteiger partial charge in [-0.3, -0.25) is 0 Å². The summed E-state index contributed by atoms with van der Waals surface area (Å²) in [5.41, 5.74) is 3.51. The van der Waals surface area contributed by atoms with E-state index in [1.54, 1.807) is 0 Å². The van der Waals surface area contributed by atoms with Crippen LogP contribution in [0.5, 0.6) is 5.75 Å². The average molecular weight is 282 g/mol. The summed E-state index contributed by atoms with van der Waals surface area (Å²) in [5, 5.41) is 10.4. The maximum atomic E-state index is 10.4. The van der Waals surface area contributed by atoms with E-state index < -0.39 is 6.10 Å². The number of rotatable bonds is 2. The lowest BCUT2D eigenvalue weighted by atomic mass is 9.87. The van der Waals surface area contributed by atoms with Crippen LogP contribution in [0.1, 0.15) is 43.6 Å². The van der Waals surface area contributed by atoms with Crippen LogP contribution in [0.4, 0.5) is 0 Å². The van der Waals surface area contributed by atoms with Crippen LogP contribution in [-0.2, 0) is 11.8 Å². The molecule has 0 bridgehead atoms. The number of ether oxygens (including phenoxy) is 1. The first-order valence-electron chi connectivity index (χ1n) is 7.48. The van der Waals surface area contributed by atoms with Gasteiger partial charge in [0.2, 0.25) is 0 Å². The summed E-state index contributed by atoms with van der Waals surface area (Å²) in [5.74, 6) is 0.833. The predicted octanol–water partition coefficient (Wildman–Crippen LogP) is 4.02. The van der Waals surface area contributed by atoms with Crippen LogP contribution in [0.15, 0.2) is 48.5 Å². The van der Waals surface area contributed by atoms with Gasteiger partial charge in [0.15, 0.2) is 0 Å². The third-order valence-electron chi connectivity index (χ3n) is 4.13. The Morgan fingerprint density at radius 1 is 1.05 bits per heavy atom. The van der Waals surface area contributed by atoms with Crippen LogP contribution in [0, 0.1) is 0 Å². The van der Waals surface area contributed by atoms with Gasteiger partial charge in [0.1, 0.15) is 18.0 Å². The quantitative estimate of drug-likeness (QED) is 0.901. The lowest BCUT2D eigenvalue weighted by Gasteiger charge is -2.22. The third kappa shape index (κ3) is 2.81. The molecule has 0 spiro atoms. The van der Waals surface area contributed by atoms with E-state index in [0.29, 0.717) is 0 Å². The molecule has 2 heteroatoms. The van der Waals surface area contributed by atoms with Crippen LogP contribution in [0.2, 0.25) is 0 Å². The van der Waals surface area contributed by atoms with Gasteiger partial charge in [-0.25, -0.2) is 0 Å². The van der Waals surface area contributed by atoms with Crippen LogP contribution in [-0.4, -0.2) is 11.2 Å². The molecule has 2 aromatic rings. The summed E-state index contributed by atoms with van der Waals surface area (Å²) in [6, 6.07) is 16.2. The topological polar surface area (TPSA) is 29.5 Å². The molecule has 0 heterocycles. The molecule has 2 atom stereocenters. The lowest BCUT2D eigenvalue weighted by molar-refractivity contribution is 0.0493. The standard InChI is InChI=1S/C19H22O2/c1-19(2,3)14-8-6-9-15(12-14)21-17-11-13-7-4-5-10-16(13)18(17)20/h4-10,12,17-18,20H,11H2,1-3H3. The minimum Gasteiger partial charge on any atom is -0.487 e. The van der Waals surface area contributed by atoms with E-state index in [1.165, 1.54) is 11.1 Å². The zero-order valence-electron chi connectivity index (χ0n) is 12.8. The van der Waals surface area contributed by atoms with Gasteiger partial charge in [-0.15, -0.1) is 0 Å².